The number of aryl methyl sites for hydroxylation is 1. The van der Waals surface area contributed by atoms with Gasteiger partial charge in [0.15, 0.2) is 5.16 Å². The summed E-state index contributed by atoms with van der Waals surface area (Å²) in [6.07, 6.45) is 0.606. The van der Waals surface area contributed by atoms with Gasteiger partial charge in [0.05, 0.1) is 17.4 Å². The number of ether oxygens (including phenoxy) is 1. The van der Waals surface area contributed by atoms with Crippen molar-refractivity contribution in [1.29, 1.82) is 0 Å². The molecule has 26 heavy (non-hydrogen) atoms. The minimum Gasteiger partial charge on any atom is -0.495 e. The molecular weight excluding hydrogens is 378 g/mol. The standard InChI is InChI=1S/C16H20ClN5O3S/c1-9(15(24)19-10-4-5-12(25-3)11(17)8-10)26-16-21-20-14(22(16)2)7-6-13(18)23/h4-5,8-9H,6-7H2,1-3H3,(H2,18,23)(H,19,24)/t9-/m1/s1. The molecule has 10 heteroatoms. The zero-order chi connectivity index (χ0) is 19.3. The van der Waals surface area contributed by atoms with Gasteiger partial charge in [-0.2, -0.15) is 0 Å². The Kier molecular flexibility index (Phi) is 6.87. The van der Waals surface area contributed by atoms with Gasteiger partial charge >= 0.3 is 0 Å². The Balaban J connectivity index is 1.98. The number of thioether (sulfide) groups is 1. The predicted octanol–water partition coefficient (Wildman–Crippen LogP) is 2.01. The summed E-state index contributed by atoms with van der Waals surface area (Å²) in [5.41, 5.74) is 5.73. The van der Waals surface area contributed by atoms with E-state index >= 15 is 0 Å². The molecule has 0 saturated carbocycles. The van der Waals surface area contributed by atoms with Crippen molar-refractivity contribution in [3.05, 3.63) is 29.0 Å². The Morgan fingerprint density at radius 3 is 2.77 bits per heavy atom. The maximum absolute atomic E-state index is 12.4. The van der Waals surface area contributed by atoms with Gasteiger partial charge in [-0.15, -0.1) is 10.2 Å². The highest BCUT2D eigenvalue weighted by Crippen LogP contribution is 2.28. The molecule has 0 bridgehead atoms. The second-order valence-electron chi connectivity index (χ2n) is 5.52. The van der Waals surface area contributed by atoms with E-state index < -0.39 is 11.2 Å². The average molecular weight is 398 g/mol. The van der Waals surface area contributed by atoms with Crippen molar-refractivity contribution < 1.29 is 14.3 Å². The second kappa shape index (κ2) is 8.91. The van der Waals surface area contributed by atoms with E-state index in [4.69, 9.17) is 22.1 Å². The fourth-order valence-corrected chi connectivity index (χ4v) is 3.19. The smallest absolute Gasteiger partial charge is 0.237 e. The van der Waals surface area contributed by atoms with Gasteiger partial charge in [0.2, 0.25) is 11.8 Å². The molecule has 0 aliphatic rings. The number of carbonyl (C=O) groups is 2. The van der Waals surface area contributed by atoms with E-state index in [0.717, 1.165) is 0 Å². The zero-order valence-electron chi connectivity index (χ0n) is 14.7. The van der Waals surface area contributed by atoms with Crippen molar-refractivity contribution in [3.8, 4) is 5.75 Å². The van der Waals surface area contributed by atoms with Gasteiger partial charge < -0.3 is 20.4 Å². The summed E-state index contributed by atoms with van der Waals surface area (Å²) in [4.78, 5) is 23.3. The molecule has 0 aliphatic heterocycles. The lowest BCUT2D eigenvalue weighted by atomic mass is 10.3. The minimum absolute atomic E-state index is 0.196. The van der Waals surface area contributed by atoms with Crippen LogP contribution in [0.25, 0.3) is 0 Å². The van der Waals surface area contributed by atoms with Crippen LogP contribution in [0.5, 0.6) is 5.75 Å². The van der Waals surface area contributed by atoms with Crippen LogP contribution in [-0.2, 0) is 23.1 Å². The van der Waals surface area contributed by atoms with Crippen molar-refractivity contribution in [2.24, 2.45) is 12.8 Å². The summed E-state index contributed by atoms with van der Waals surface area (Å²) in [6, 6.07) is 5.02. The number of benzene rings is 1. The molecule has 0 aliphatic carbocycles. The van der Waals surface area contributed by atoms with Gasteiger partial charge in [0.25, 0.3) is 0 Å². The van der Waals surface area contributed by atoms with Gasteiger partial charge in [-0.25, -0.2) is 0 Å². The van der Waals surface area contributed by atoms with Crippen LogP contribution < -0.4 is 15.8 Å². The molecule has 0 fully saturated rings. The number of halogens is 1. The molecular formula is C16H20ClN5O3S. The molecule has 2 amide bonds. The van der Waals surface area contributed by atoms with E-state index in [1.807, 2.05) is 0 Å². The van der Waals surface area contributed by atoms with Crippen LogP contribution in [0.15, 0.2) is 23.4 Å². The number of carbonyl (C=O) groups excluding carboxylic acids is 2. The first kappa shape index (κ1) is 20.1. The van der Waals surface area contributed by atoms with Crippen LogP contribution in [0.4, 0.5) is 5.69 Å². The summed E-state index contributed by atoms with van der Waals surface area (Å²) >= 11 is 7.33. The molecule has 2 aromatic rings. The van der Waals surface area contributed by atoms with E-state index in [0.29, 0.717) is 33.9 Å². The lowest BCUT2D eigenvalue weighted by Crippen LogP contribution is -2.22. The highest BCUT2D eigenvalue weighted by atomic mass is 35.5. The predicted molar refractivity (Wildman–Crippen MR) is 100 cm³/mol. The summed E-state index contributed by atoms with van der Waals surface area (Å²) in [7, 11) is 3.31. The minimum atomic E-state index is -0.414. The van der Waals surface area contributed by atoms with Gasteiger partial charge in [-0.05, 0) is 25.1 Å². The SMILES string of the molecule is COc1ccc(NC(=O)[C@@H](C)Sc2nnc(CCC(N)=O)n2C)cc1Cl. The van der Waals surface area contributed by atoms with E-state index in [9.17, 15) is 9.59 Å². The molecule has 140 valence electrons. The molecule has 0 saturated heterocycles. The van der Waals surface area contributed by atoms with Gasteiger partial charge in [0, 0.05) is 25.6 Å². The maximum Gasteiger partial charge on any atom is 0.237 e. The van der Waals surface area contributed by atoms with Gasteiger partial charge in [-0.3, -0.25) is 9.59 Å². The quantitative estimate of drug-likeness (QED) is 0.659. The first-order valence-corrected chi connectivity index (χ1v) is 9.05. The number of methoxy groups -OCH3 is 1. The molecule has 2 rings (SSSR count). The number of hydrogen-bond donors (Lipinski definition) is 2. The molecule has 3 N–H and O–H groups in total. The number of nitrogens with zero attached hydrogens (tertiary/aromatic N) is 3. The lowest BCUT2D eigenvalue weighted by Gasteiger charge is -2.12. The fraction of sp³-hybridized carbons (Fsp3) is 0.375. The van der Waals surface area contributed by atoms with E-state index in [-0.39, 0.29) is 12.3 Å². The molecule has 0 unspecified atom stereocenters. The Bertz CT molecular complexity index is 811. The summed E-state index contributed by atoms with van der Waals surface area (Å²) < 4.78 is 6.84. The van der Waals surface area contributed by atoms with Crippen molar-refractivity contribution in [2.75, 3.05) is 12.4 Å². The summed E-state index contributed by atoms with van der Waals surface area (Å²) in [5, 5.41) is 11.5. The van der Waals surface area contributed by atoms with Crippen LogP contribution in [0, 0.1) is 0 Å². The third-order valence-electron chi connectivity index (χ3n) is 3.59. The average Bonchev–Trinajstić information content (AvgIpc) is 2.93. The first-order chi connectivity index (χ1) is 12.3. The van der Waals surface area contributed by atoms with Crippen LogP contribution in [-0.4, -0.2) is 38.9 Å². The number of hydrogen-bond acceptors (Lipinski definition) is 6. The Morgan fingerprint density at radius 1 is 1.42 bits per heavy atom. The zero-order valence-corrected chi connectivity index (χ0v) is 16.2. The fourth-order valence-electron chi connectivity index (χ4n) is 2.10. The monoisotopic (exact) mass is 397 g/mol. The molecule has 1 aromatic carbocycles. The topological polar surface area (TPSA) is 112 Å². The van der Waals surface area contributed by atoms with Crippen LogP contribution >= 0.6 is 23.4 Å². The number of primary amides is 1. The third kappa shape index (κ3) is 5.12. The van der Waals surface area contributed by atoms with Crippen molar-refractivity contribution in [3.63, 3.8) is 0 Å². The highest BCUT2D eigenvalue weighted by Gasteiger charge is 2.19. The largest absolute Gasteiger partial charge is 0.495 e. The molecule has 0 radical (unpaired) electrons. The van der Waals surface area contributed by atoms with Crippen LogP contribution in [0.1, 0.15) is 19.2 Å². The Labute approximate surface area is 160 Å². The van der Waals surface area contributed by atoms with Crippen molar-refractivity contribution in [1.82, 2.24) is 14.8 Å². The highest BCUT2D eigenvalue weighted by molar-refractivity contribution is 8.00. The number of rotatable bonds is 8. The maximum atomic E-state index is 12.4. The van der Waals surface area contributed by atoms with Crippen LogP contribution in [0.2, 0.25) is 5.02 Å². The van der Waals surface area contributed by atoms with E-state index in [1.165, 1.54) is 18.9 Å². The first-order valence-electron chi connectivity index (χ1n) is 7.79. The van der Waals surface area contributed by atoms with Crippen molar-refractivity contribution >= 4 is 40.9 Å². The van der Waals surface area contributed by atoms with Gasteiger partial charge in [-0.1, -0.05) is 23.4 Å². The normalized spacial score (nSPS) is 11.8. The molecule has 1 aromatic heterocycles. The Hall–Kier alpha value is -2.26. The molecule has 1 heterocycles. The Morgan fingerprint density at radius 2 is 2.15 bits per heavy atom. The summed E-state index contributed by atoms with van der Waals surface area (Å²) in [5.74, 6) is 0.585. The van der Waals surface area contributed by atoms with E-state index in [1.54, 1.807) is 36.7 Å². The van der Waals surface area contributed by atoms with E-state index in [2.05, 4.69) is 15.5 Å². The summed E-state index contributed by atoms with van der Waals surface area (Å²) in [6.45, 7) is 1.77. The molecule has 0 spiro atoms. The second-order valence-corrected chi connectivity index (χ2v) is 7.24. The number of aromatic nitrogens is 3. The third-order valence-corrected chi connectivity index (χ3v) is 5.02. The number of nitrogens with one attached hydrogen (secondary N) is 1. The van der Waals surface area contributed by atoms with Crippen LogP contribution in [0.3, 0.4) is 0 Å². The number of nitrogens with two attached hydrogens (primary N) is 1. The van der Waals surface area contributed by atoms with Gasteiger partial charge in [0.1, 0.15) is 11.6 Å². The van der Waals surface area contributed by atoms with Crippen molar-refractivity contribution in [2.45, 2.75) is 30.2 Å². The molecule has 1 atom stereocenters. The lowest BCUT2D eigenvalue weighted by molar-refractivity contribution is -0.118. The molecule has 8 nitrogen and oxygen atoms in total. The number of anilines is 1. The number of amides is 2.